The van der Waals surface area contributed by atoms with Crippen LogP contribution in [0.15, 0.2) is 59.4 Å². The molecule has 3 heterocycles. The minimum absolute atomic E-state index is 0.0910. The molecule has 1 aromatic heterocycles. The fraction of sp³-hybridized carbons (Fsp3) is 0.357. The first-order chi connectivity index (χ1) is 18.9. The van der Waals surface area contributed by atoms with Crippen molar-refractivity contribution in [1.82, 2.24) is 25.5 Å². The van der Waals surface area contributed by atoms with E-state index in [2.05, 4.69) is 25.9 Å². The number of carbonyl (C=O) groups is 3. The SMILES string of the molecule is O=C(CN1CCCC2(C/C=C\COc3ccccc3C(=O)NCCNC2=O)C1)Nc1ccc2[nH]c(=O)[nH]c2c1. The van der Waals surface area contributed by atoms with Crippen LogP contribution >= 0.6 is 0 Å². The van der Waals surface area contributed by atoms with Crippen LogP contribution in [0, 0.1) is 5.41 Å². The zero-order valence-electron chi connectivity index (χ0n) is 21.5. The third-order valence-electron chi connectivity index (χ3n) is 7.14. The van der Waals surface area contributed by atoms with Crippen molar-refractivity contribution >= 4 is 34.4 Å². The highest BCUT2D eigenvalue weighted by Crippen LogP contribution is 2.34. The Morgan fingerprint density at radius 2 is 1.82 bits per heavy atom. The van der Waals surface area contributed by atoms with Gasteiger partial charge in [-0.2, -0.15) is 0 Å². The summed E-state index contributed by atoms with van der Waals surface area (Å²) in [5.41, 5.74) is 1.30. The molecule has 1 unspecified atom stereocenters. The Kier molecular flexibility index (Phi) is 7.78. The lowest BCUT2D eigenvalue weighted by Gasteiger charge is -2.41. The van der Waals surface area contributed by atoms with Crippen molar-refractivity contribution in [2.24, 2.45) is 5.41 Å². The van der Waals surface area contributed by atoms with E-state index in [1.165, 1.54) is 0 Å². The second-order valence-electron chi connectivity index (χ2n) is 9.98. The average Bonchev–Trinajstić information content (AvgIpc) is 3.29. The summed E-state index contributed by atoms with van der Waals surface area (Å²) in [6.45, 7) is 2.11. The van der Waals surface area contributed by atoms with Gasteiger partial charge < -0.3 is 30.7 Å². The molecule has 3 aromatic rings. The summed E-state index contributed by atoms with van der Waals surface area (Å²) in [7, 11) is 0. The molecule has 5 rings (SSSR count). The van der Waals surface area contributed by atoms with E-state index in [1.54, 1.807) is 36.4 Å². The molecule has 0 radical (unpaired) electrons. The standard InChI is InChI=1S/C28H32N6O5/c35-24(31-19-8-9-21-22(16-19)33-27(38)32-21)17-34-14-5-11-28(18-34)10-3-4-15-39-23-7-2-1-6-20(23)25(36)29-12-13-30-26(28)37/h1-4,6-9,16H,5,10-15,17-18H2,(H,29,36)(H,30,37)(H,31,35)(H2,32,33,38)/b4-3-. The number of rotatable bonds is 3. The van der Waals surface area contributed by atoms with Gasteiger partial charge in [-0.25, -0.2) is 4.79 Å². The van der Waals surface area contributed by atoms with Crippen LogP contribution in [0.25, 0.3) is 11.0 Å². The molecular weight excluding hydrogens is 500 g/mol. The maximum absolute atomic E-state index is 13.4. The maximum atomic E-state index is 13.4. The monoisotopic (exact) mass is 532 g/mol. The molecule has 2 aliphatic rings. The molecule has 3 amide bonds. The summed E-state index contributed by atoms with van der Waals surface area (Å²) in [6, 6.07) is 12.2. The molecule has 1 spiro atoms. The molecular formula is C28H32N6O5. The number of benzene rings is 2. The first-order valence-corrected chi connectivity index (χ1v) is 13.1. The fourth-order valence-electron chi connectivity index (χ4n) is 5.25. The number of H-pyrrole nitrogens is 2. The Balaban J connectivity index is 1.25. The third-order valence-corrected chi connectivity index (χ3v) is 7.14. The number of para-hydroxylation sites is 1. The molecule has 5 N–H and O–H groups in total. The minimum Gasteiger partial charge on any atom is -0.489 e. The highest BCUT2D eigenvalue weighted by atomic mass is 16.5. The number of allylic oxidation sites excluding steroid dienone is 1. The lowest BCUT2D eigenvalue weighted by Crippen LogP contribution is -2.53. The lowest BCUT2D eigenvalue weighted by atomic mass is 9.76. The van der Waals surface area contributed by atoms with Gasteiger partial charge in [0.2, 0.25) is 11.8 Å². The van der Waals surface area contributed by atoms with Crippen LogP contribution in [0.4, 0.5) is 5.69 Å². The van der Waals surface area contributed by atoms with E-state index in [-0.39, 0.29) is 43.1 Å². The highest BCUT2D eigenvalue weighted by Gasteiger charge is 2.41. The molecule has 11 nitrogen and oxygen atoms in total. The van der Waals surface area contributed by atoms with E-state index in [0.29, 0.717) is 60.5 Å². The van der Waals surface area contributed by atoms with E-state index >= 15 is 0 Å². The van der Waals surface area contributed by atoms with Crippen molar-refractivity contribution in [3.05, 3.63) is 70.7 Å². The number of hydrogen-bond donors (Lipinski definition) is 5. The predicted molar refractivity (Wildman–Crippen MR) is 147 cm³/mol. The highest BCUT2D eigenvalue weighted by molar-refractivity contribution is 5.97. The van der Waals surface area contributed by atoms with Crippen LogP contribution < -0.4 is 26.4 Å². The molecule has 1 saturated heterocycles. The van der Waals surface area contributed by atoms with E-state index in [1.807, 2.05) is 23.1 Å². The number of likely N-dealkylation sites (tertiary alicyclic amines) is 1. The quantitative estimate of drug-likeness (QED) is 0.325. The molecule has 1 atom stereocenters. The number of amides is 3. The number of nitrogens with one attached hydrogen (secondary N) is 5. The summed E-state index contributed by atoms with van der Waals surface area (Å²) in [4.78, 5) is 57.8. The smallest absolute Gasteiger partial charge is 0.323 e. The lowest BCUT2D eigenvalue weighted by molar-refractivity contribution is -0.135. The van der Waals surface area contributed by atoms with Crippen molar-refractivity contribution in [1.29, 1.82) is 0 Å². The van der Waals surface area contributed by atoms with E-state index in [9.17, 15) is 19.2 Å². The topological polar surface area (TPSA) is 148 Å². The molecule has 11 heteroatoms. The fourth-order valence-corrected chi connectivity index (χ4v) is 5.25. The van der Waals surface area contributed by atoms with Gasteiger partial charge in [-0.3, -0.25) is 19.3 Å². The average molecular weight is 533 g/mol. The predicted octanol–water partition coefficient (Wildman–Crippen LogP) is 1.76. The van der Waals surface area contributed by atoms with E-state index in [4.69, 9.17) is 4.74 Å². The third kappa shape index (κ3) is 6.20. The van der Waals surface area contributed by atoms with Crippen molar-refractivity contribution in [2.45, 2.75) is 19.3 Å². The van der Waals surface area contributed by atoms with Gasteiger partial charge in [0.15, 0.2) is 0 Å². The molecule has 0 saturated carbocycles. The second kappa shape index (κ2) is 11.6. The van der Waals surface area contributed by atoms with Crippen molar-refractivity contribution in [3.8, 4) is 5.75 Å². The first kappa shape index (κ1) is 26.2. The Bertz CT molecular complexity index is 1460. The number of fused-ring (bicyclic) bond motifs is 2. The van der Waals surface area contributed by atoms with Gasteiger partial charge in [-0.1, -0.05) is 24.3 Å². The molecule has 2 aromatic carbocycles. The molecule has 0 bridgehead atoms. The van der Waals surface area contributed by atoms with Gasteiger partial charge in [0.1, 0.15) is 12.4 Å². The first-order valence-electron chi connectivity index (χ1n) is 13.1. The summed E-state index contributed by atoms with van der Waals surface area (Å²) in [6.07, 6.45) is 5.78. The zero-order chi connectivity index (χ0) is 27.2. The van der Waals surface area contributed by atoms with Crippen molar-refractivity contribution in [3.63, 3.8) is 0 Å². The Labute approximate surface area is 225 Å². The zero-order valence-corrected chi connectivity index (χ0v) is 21.5. The molecule has 1 fully saturated rings. The summed E-state index contributed by atoms with van der Waals surface area (Å²) < 4.78 is 5.83. The van der Waals surface area contributed by atoms with Crippen LogP contribution in [0.3, 0.4) is 0 Å². The van der Waals surface area contributed by atoms with Gasteiger partial charge >= 0.3 is 5.69 Å². The van der Waals surface area contributed by atoms with E-state index < -0.39 is 5.41 Å². The maximum Gasteiger partial charge on any atom is 0.323 e. The number of hydrogen-bond acceptors (Lipinski definition) is 6. The number of piperidine rings is 1. The molecule has 39 heavy (non-hydrogen) atoms. The van der Waals surface area contributed by atoms with Crippen molar-refractivity contribution < 1.29 is 19.1 Å². The van der Waals surface area contributed by atoms with Crippen molar-refractivity contribution in [2.75, 3.05) is 44.6 Å². The number of imidazole rings is 1. The van der Waals surface area contributed by atoms with Gasteiger partial charge in [0.05, 0.1) is 28.6 Å². The number of anilines is 1. The largest absolute Gasteiger partial charge is 0.489 e. The van der Waals surface area contributed by atoms with Gasteiger partial charge in [0.25, 0.3) is 5.91 Å². The normalized spacial score (nSPS) is 21.7. The Morgan fingerprint density at radius 1 is 1.00 bits per heavy atom. The molecule has 0 aliphatic carbocycles. The van der Waals surface area contributed by atoms with Crippen LogP contribution in [0.2, 0.25) is 0 Å². The van der Waals surface area contributed by atoms with Crippen LogP contribution in [-0.2, 0) is 9.59 Å². The van der Waals surface area contributed by atoms with E-state index in [0.717, 1.165) is 6.42 Å². The summed E-state index contributed by atoms with van der Waals surface area (Å²) in [5, 5.41) is 8.72. The molecule has 2 aliphatic heterocycles. The Hall–Kier alpha value is -4.38. The minimum atomic E-state index is -0.704. The molecule has 204 valence electrons. The number of aromatic nitrogens is 2. The number of nitrogens with zero attached hydrogens (tertiary/aromatic N) is 1. The van der Waals surface area contributed by atoms with Crippen LogP contribution in [-0.4, -0.2) is 71.9 Å². The number of ether oxygens (including phenoxy) is 1. The van der Waals surface area contributed by atoms with Crippen LogP contribution in [0.1, 0.15) is 29.6 Å². The second-order valence-corrected chi connectivity index (χ2v) is 9.98. The summed E-state index contributed by atoms with van der Waals surface area (Å²) in [5.74, 6) is -0.0394. The van der Waals surface area contributed by atoms with Crippen LogP contribution in [0.5, 0.6) is 5.75 Å². The summed E-state index contributed by atoms with van der Waals surface area (Å²) >= 11 is 0. The number of aromatic amines is 2. The van der Waals surface area contributed by atoms with Gasteiger partial charge in [0, 0.05) is 25.3 Å². The number of carbonyl (C=O) groups excluding carboxylic acids is 3. The Morgan fingerprint density at radius 3 is 2.72 bits per heavy atom. The van der Waals surface area contributed by atoms with Gasteiger partial charge in [-0.15, -0.1) is 0 Å². The van der Waals surface area contributed by atoms with Gasteiger partial charge in [-0.05, 0) is 56.1 Å².